The summed E-state index contributed by atoms with van der Waals surface area (Å²) in [6.45, 7) is 6.64. The van der Waals surface area contributed by atoms with Crippen molar-refractivity contribution in [1.29, 1.82) is 5.26 Å². The Balaban J connectivity index is 0.000000136. The van der Waals surface area contributed by atoms with Crippen LogP contribution in [0, 0.1) is 17.9 Å². The van der Waals surface area contributed by atoms with Crippen LogP contribution in [0.1, 0.15) is 50.1 Å². The van der Waals surface area contributed by atoms with E-state index in [1.165, 1.54) is 78.4 Å². The largest absolute Gasteiger partial charge is 0.487 e. The maximum atomic E-state index is 9.38. The average molecular weight is 1310 g/mol. The van der Waals surface area contributed by atoms with E-state index in [0.717, 1.165) is 61.1 Å². The number of aromatic nitrogens is 2. The van der Waals surface area contributed by atoms with Gasteiger partial charge >= 0.3 is 7.12 Å². The summed E-state index contributed by atoms with van der Waals surface area (Å²) in [5.74, 6) is 1.13. The Morgan fingerprint density at radius 2 is 0.770 bits per heavy atom. The Morgan fingerprint density at radius 3 is 1.24 bits per heavy atom. The summed E-state index contributed by atoms with van der Waals surface area (Å²) >= 11 is 6.24. The molecule has 100 heavy (non-hydrogen) atoms. The van der Waals surface area contributed by atoms with Gasteiger partial charge in [0.05, 0.1) is 29.0 Å². The van der Waals surface area contributed by atoms with Crippen molar-refractivity contribution >= 4 is 52.1 Å². The van der Waals surface area contributed by atoms with Crippen LogP contribution in [0.15, 0.2) is 349 Å². The molecule has 10 heteroatoms. The van der Waals surface area contributed by atoms with Gasteiger partial charge in [0.2, 0.25) is 11.8 Å². The van der Waals surface area contributed by atoms with Crippen LogP contribution in [0.5, 0.6) is 0 Å². The molecular formula is C90H58BClN4O4. The molecule has 0 atom stereocenters. The third-order valence-electron chi connectivity index (χ3n) is 19.2. The lowest BCUT2D eigenvalue weighted by Crippen LogP contribution is -2.29. The summed E-state index contributed by atoms with van der Waals surface area (Å²) in [5, 5.41) is 27.4. The molecule has 2 aliphatic rings. The number of rotatable bonds is 10. The van der Waals surface area contributed by atoms with E-state index in [1.54, 1.807) is 18.2 Å². The van der Waals surface area contributed by atoms with Gasteiger partial charge in [0.15, 0.2) is 16.9 Å². The molecule has 2 heterocycles. The quantitative estimate of drug-likeness (QED) is 0.103. The van der Waals surface area contributed by atoms with Gasteiger partial charge < -0.3 is 18.9 Å². The Morgan fingerprint density at radius 1 is 0.370 bits per heavy atom. The molecule has 0 saturated heterocycles. The number of nitrogens with zero attached hydrogens (tertiary/aromatic N) is 4. The predicted molar refractivity (Wildman–Crippen MR) is 402 cm³/mol. The maximum absolute atomic E-state index is 9.38. The van der Waals surface area contributed by atoms with Crippen LogP contribution in [0.4, 0.5) is 5.69 Å². The third kappa shape index (κ3) is 10.9. The van der Waals surface area contributed by atoms with Gasteiger partial charge in [-0.25, -0.2) is 14.8 Å². The number of benzene rings is 14. The number of oxazole rings is 2. The molecule has 2 N–H and O–H groups in total. The minimum Gasteiger partial charge on any atom is -0.436 e. The zero-order valence-electron chi connectivity index (χ0n) is 53.8. The zero-order valence-corrected chi connectivity index (χ0v) is 54.5. The summed E-state index contributed by atoms with van der Waals surface area (Å²) < 4.78 is 12.7. The predicted octanol–water partition coefficient (Wildman–Crippen LogP) is 21.2. The van der Waals surface area contributed by atoms with Gasteiger partial charge in [0.1, 0.15) is 11.0 Å². The van der Waals surface area contributed by atoms with Crippen LogP contribution in [0.2, 0.25) is 5.02 Å². The van der Waals surface area contributed by atoms with Crippen molar-refractivity contribution in [2.75, 3.05) is 0 Å². The number of nitriles is 1. The van der Waals surface area contributed by atoms with Crippen LogP contribution in [-0.2, 0) is 10.8 Å². The summed E-state index contributed by atoms with van der Waals surface area (Å²) in [7, 11) is -1.49. The standard InChI is InChI=1S/C45H28N2O.C38H24ClNO.C7H6BNO2/c46-29-30-12-9-13-31(26-30)32-14-10-15-34(27-32)44-47-41-25-24-33(28-42(41)48-44)37-21-11-23-40-43(37)38-20-7-8-22-39(38)45(40,35-16-3-1-4-17-35)36-18-5-2-6-19-36;39-29-16-9-11-26(23-29)37-40-34-22-21-25(24-35(34)41-37)30-18-10-20-33-36(30)31-17-7-8-19-32(31)38(33,27-12-3-1-4-13-27)28-14-5-2-6-15-28;1-9-7-4-2-3-6(5-7)8(10)11/h1-28H;1-24H;2-5,10-11H. The Labute approximate surface area is 584 Å². The molecule has 0 saturated carbocycles. The first-order valence-electron chi connectivity index (χ1n) is 32.9. The molecule has 0 fully saturated rings. The van der Waals surface area contributed by atoms with Gasteiger partial charge in [-0.05, 0) is 172 Å². The van der Waals surface area contributed by atoms with Crippen LogP contribution >= 0.6 is 11.6 Å². The van der Waals surface area contributed by atoms with Gasteiger partial charge in [-0.1, -0.05) is 285 Å². The van der Waals surface area contributed by atoms with E-state index in [9.17, 15) is 5.26 Å². The minimum atomic E-state index is -1.49. The summed E-state index contributed by atoms with van der Waals surface area (Å²) in [5.41, 5.74) is 27.0. The normalized spacial score (nSPS) is 12.5. The van der Waals surface area contributed by atoms with Crippen molar-refractivity contribution in [2.24, 2.45) is 0 Å². The highest BCUT2D eigenvalue weighted by molar-refractivity contribution is 6.58. The van der Waals surface area contributed by atoms with Crippen LogP contribution < -0.4 is 5.46 Å². The van der Waals surface area contributed by atoms with E-state index >= 15 is 0 Å². The number of halogens is 1. The highest BCUT2D eigenvalue weighted by atomic mass is 35.5. The number of hydrogen-bond donors (Lipinski definition) is 2. The van der Waals surface area contributed by atoms with Gasteiger partial charge in [0.25, 0.3) is 0 Å². The third-order valence-corrected chi connectivity index (χ3v) is 19.4. The van der Waals surface area contributed by atoms with Crippen LogP contribution in [0.25, 0.3) is 106 Å². The van der Waals surface area contributed by atoms with Crippen molar-refractivity contribution in [1.82, 2.24) is 9.97 Å². The smallest absolute Gasteiger partial charge is 0.436 e. The van der Waals surface area contributed by atoms with E-state index < -0.39 is 17.9 Å². The van der Waals surface area contributed by atoms with Crippen molar-refractivity contribution in [3.05, 3.63) is 406 Å². The number of fused-ring (bicyclic) bond motifs is 8. The summed E-state index contributed by atoms with van der Waals surface area (Å²) in [6, 6.07) is 119. The van der Waals surface area contributed by atoms with E-state index in [0.29, 0.717) is 33.5 Å². The fraction of sp³-hybridized carbons (Fsp3) is 0.0222. The van der Waals surface area contributed by atoms with Gasteiger partial charge in [-0.2, -0.15) is 5.26 Å². The lowest BCUT2D eigenvalue weighted by Gasteiger charge is -2.34. The van der Waals surface area contributed by atoms with E-state index in [4.69, 9.17) is 47.0 Å². The highest BCUT2D eigenvalue weighted by Crippen LogP contribution is 2.60. The SMILES string of the molecule is Clc1cccc(-c2nc3ccc(-c4cccc5c4-c4ccccc4C5(c4ccccc4)c4ccccc4)cc3o2)c1.N#Cc1cccc(-c2cccc(-c3nc4ccc(-c5cccc6c5-c5ccccc5C6(c5ccccc5)c5ccccc5)cc4o3)c2)c1.[C-]#[N+]c1cccc(B(O)O)c1. The fourth-order valence-electron chi connectivity index (χ4n) is 14.9. The molecule has 18 rings (SSSR count). The monoisotopic (exact) mass is 1300 g/mol. The van der Waals surface area contributed by atoms with Crippen LogP contribution in [0.3, 0.4) is 0 Å². The first-order chi connectivity index (χ1) is 49.2. The maximum Gasteiger partial charge on any atom is 0.487 e. The topological polar surface area (TPSA) is 121 Å². The molecule has 0 amide bonds. The van der Waals surface area contributed by atoms with Crippen LogP contribution in [-0.4, -0.2) is 27.1 Å². The average Bonchev–Trinajstić information content (AvgIpc) is 1.54. The molecule has 0 unspecified atom stereocenters. The first-order valence-corrected chi connectivity index (χ1v) is 33.3. The molecule has 0 aliphatic heterocycles. The van der Waals surface area contributed by atoms with Gasteiger partial charge in [-0.15, -0.1) is 0 Å². The molecule has 2 aliphatic carbocycles. The van der Waals surface area contributed by atoms with Crippen molar-refractivity contribution in [3.63, 3.8) is 0 Å². The van der Waals surface area contributed by atoms with Gasteiger partial charge in [0, 0.05) is 16.1 Å². The summed E-state index contributed by atoms with van der Waals surface area (Å²) in [6.07, 6.45) is 0. The lowest BCUT2D eigenvalue weighted by molar-refractivity contribution is 0.426. The molecule has 472 valence electrons. The second-order valence-corrected chi connectivity index (χ2v) is 25.2. The fourth-order valence-corrected chi connectivity index (χ4v) is 15.1. The molecule has 0 bridgehead atoms. The van der Waals surface area contributed by atoms with Gasteiger partial charge in [-0.3, -0.25) is 0 Å². The molecule has 8 nitrogen and oxygen atoms in total. The molecule has 16 aromatic rings. The molecule has 14 aromatic carbocycles. The molecule has 2 aromatic heterocycles. The zero-order chi connectivity index (χ0) is 67.7. The summed E-state index contributed by atoms with van der Waals surface area (Å²) in [4.78, 5) is 12.8. The lowest BCUT2D eigenvalue weighted by atomic mass is 9.67. The van der Waals surface area contributed by atoms with E-state index in [-0.39, 0.29) is 0 Å². The van der Waals surface area contributed by atoms with Crippen molar-refractivity contribution in [2.45, 2.75) is 10.8 Å². The van der Waals surface area contributed by atoms with Crippen molar-refractivity contribution in [3.8, 4) is 84.6 Å². The molecular weight excluding hydrogens is 1250 g/mol. The Kier molecular flexibility index (Phi) is 16.4. The second kappa shape index (κ2) is 26.4. The molecule has 0 radical (unpaired) electrons. The number of hydrogen-bond acceptors (Lipinski definition) is 7. The van der Waals surface area contributed by atoms with E-state index in [1.807, 2.05) is 72.8 Å². The Hall–Kier alpha value is -12.7. The van der Waals surface area contributed by atoms with Crippen molar-refractivity contribution < 1.29 is 18.9 Å². The second-order valence-electron chi connectivity index (χ2n) is 24.8. The highest BCUT2D eigenvalue weighted by Gasteiger charge is 2.48. The van der Waals surface area contributed by atoms with E-state index in [2.05, 4.69) is 254 Å². The molecule has 0 spiro atoms. The first kappa shape index (κ1) is 62.1. The minimum absolute atomic E-state index is 0.346. The Bertz CT molecular complexity index is 5760.